The Morgan fingerprint density at radius 2 is 1.95 bits per heavy atom. The molecule has 2 amide bonds. The lowest BCUT2D eigenvalue weighted by molar-refractivity contribution is -0.136. The fourth-order valence-electron chi connectivity index (χ4n) is 8.54. The van der Waals surface area contributed by atoms with Crippen molar-refractivity contribution in [2.45, 2.75) is 57.0 Å². The lowest BCUT2D eigenvalue weighted by Gasteiger charge is -2.28. The number of fused-ring (bicyclic) bond motifs is 6. The number of ether oxygens (including phenoxy) is 3. The second-order valence-electron chi connectivity index (χ2n) is 14.6. The molecule has 0 saturated carbocycles. The molecule has 5 aromatic rings. The van der Waals surface area contributed by atoms with Crippen LogP contribution >= 0.6 is 0 Å². The molecule has 0 bridgehead atoms. The third kappa shape index (κ3) is 6.71. The summed E-state index contributed by atoms with van der Waals surface area (Å²) in [7, 11) is 1.28. The fraction of sp³-hybridized carbons (Fsp3) is 0.333. The zero-order valence-electron chi connectivity index (χ0n) is 30.2. The van der Waals surface area contributed by atoms with Crippen LogP contribution in [0, 0.1) is 5.92 Å². The van der Waals surface area contributed by atoms with Gasteiger partial charge in [-0.15, -0.1) is 0 Å². The lowest BCUT2D eigenvalue weighted by Crippen LogP contribution is -2.42. The Balaban J connectivity index is 0.924. The summed E-state index contributed by atoms with van der Waals surface area (Å²) in [4.78, 5) is 41.1. The Morgan fingerprint density at radius 3 is 2.78 bits per heavy atom. The van der Waals surface area contributed by atoms with Crippen molar-refractivity contribution in [1.29, 1.82) is 0 Å². The van der Waals surface area contributed by atoms with E-state index in [4.69, 9.17) is 19.5 Å². The number of aliphatic imine (C=N–C) groups is 1. The lowest BCUT2D eigenvalue weighted by atomic mass is 9.90. The maximum Gasteiger partial charge on any atom is 0.407 e. The number of imidazole rings is 1. The van der Waals surface area contributed by atoms with E-state index in [1.54, 1.807) is 11.1 Å². The summed E-state index contributed by atoms with van der Waals surface area (Å²) < 4.78 is 40.9. The van der Waals surface area contributed by atoms with Crippen LogP contribution in [-0.4, -0.2) is 72.0 Å². The van der Waals surface area contributed by atoms with Crippen molar-refractivity contribution in [1.82, 2.24) is 25.5 Å². The minimum atomic E-state index is -2.75. The van der Waals surface area contributed by atoms with Gasteiger partial charge in [-0.05, 0) is 88.0 Å². The topological polar surface area (TPSA) is 130 Å². The first-order valence-electron chi connectivity index (χ1n) is 18.6. The van der Waals surface area contributed by atoms with Crippen molar-refractivity contribution in [3.05, 3.63) is 102 Å². The van der Waals surface area contributed by atoms with Crippen LogP contribution in [0.3, 0.4) is 0 Å². The molecule has 3 N–H and O–H groups in total. The molecule has 55 heavy (non-hydrogen) atoms. The van der Waals surface area contributed by atoms with Crippen molar-refractivity contribution < 1.29 is 32.6 Å². The number of carbonyl (C=O) groups is 2. The number of benzene rings is 4. The molecule has 0 aliphatic carbocycles. The van der Waals surface area contributed by atoms with Gasteiger partial charge < -0.3 is 34.7 Å². The van der Waals surface area contributed by atoms with Crippen LogP contribution in [-0.2, 0) is 27.3 Å². The second kappa shape index (κ2) is 14.5. The number of aromatic nitrogens is 2. The van der Waals surface area contributed by atoms with Gasteiger partial charge in [-0.25, -0.2) is 9.78 Å². The normalized spacial score (nSPS) is 20.5. The van der Waals surface area contributed by atoms with Crippen LogP contribution in [0.4, 0.5) is 19.3 Å². The number of halogens is 2. The number of rotatable bonds is 9. The fourth-order valence-corrected chi connectivity index (χ4v) is 8.54. The smallest absolute Gasteiger partial charge is 0.407 e. The van der Waals surface area contributed by atoms with Gasteiger partial charge in [0.2, 0.25) is 0 Å². The number of hydrogen-bond acceptors (Lipinski definition) is 8. The van der Waals surface area contributed by atoms with Crippen molar-refractivity contribution in [3.8, 4) is 28.1 Å². The number of methoxy groups -OCH3 is 1. The average molecular weight is 747 g/mol. The van der Waals surface area contributed by atoms with Gasteiger partial charge in [-0.2, -0.15) is 8.78 Å². The highest BCUT2D eigenvalue weighted by Gasteiger charge is 2.37. The standard InChI is InChI=1S/C42H40F2N6O5/c1-53-42(52)49-38(24-6-3-2-4-7-24)40(51)50-13-5-8-36(50)39-46-20-35(48-39)26-9-11-28-27(15-26)22-54-37-18-29-25(16-31(28)37)10-12-32-30(29)17-34(47-32)33-14-23(19-45-33)21-55-41(43)44/h2-4,6-7,9-12,15-16,18,20,23,33,36,38,41,45H,5,8,13-14,17,19,21-22H2,1H3,(H,46,48)(H,49,52)/t23-,33-,36?,38+/m0/s1. The molecule has 0 spiro atoms. The molecule has 2 fully saturated rings. The van der Waals surface area contributed by atoms with E-state index in [1.807, 2.05) is 30.3 Å². The Kier molecular flexibility index (Phi) is 9.27. The molecule has 13 heteroatoms. The molecule has 9 rings (SSSR count). The van der Waals surface area contributed by atoms with Crippen molar-refractivity contribution in [2.75, 3.05) is 26.8 Å². The Labute approximate surface area is 316 Å². The number of H-pyrrole nitrogens is 1. The molecular formula is C42H40F2N6O5. The van der Waals surface area contributed by atoms with Crippen molar-refractivity contribution in [2.24, 2.45) is 10.9 Å². The highest BCUT2D eigenvalue weighted by atomic mass is 19.3. The van der Waals surface area contributed by atoms with E-state index in [1.165, 1.54) is 7.11 Å². The van der Waals surface area contributed by atoms with Gasteiger partial charge in [0.15, 0.2) is 0 Å². The highest BCUT2D eigenvalue weighted by Crippen LogP contribution is 2.45. The molecule has 0 radical (unpaired) electrons. The number of hydrogen-bond donors (Lipinski definition) is 3. The summed E-state index contributed by atoms with van der Waals surface area (Å²) in [6, 6.07) is 22.8. The maximum absolute atomic E-state index is 13.9. The summed E-state index contributed by atoms with van der Waals surface area (Å²) >= 11 is 0. The number of alkyl carbamates (subject to hydrolysis) is 1. The number of likely N-dealkylation sites (tertiary alicyclic amines) is 1. The predicted octanol–water partition coefficient (Wildman–Crippen LogP) is 7.40. The van der Waals surface area contributed by atoms with E-state index in [9.17, 15) is 18.4 Å². The van der Waals surface area contributed by atoms with E-state index in [-0.39, 0.29) is 30.5 Å². The van der Waals surface area contributed by atoms with Gasteiger partial charge in [0.05, 0.1) is 37.3 Å². The van der Waals surface area contributed by atoms with Crippen LogP contribution in [0.5, 0.6) is 5.75 Å². The van der Waals surface area contributed by atoms with Crippen LogP contribution in [0.25, 0.3) is 33.2 Å². The molecule has 2 saturated heterocycles. The molecule has 282 valence electrons. The van der Waals surface area contributed by atoms with E-state index in [0.29, 0.717) is 37.5 Å². The first kappa shape index (κ1) is 35.1. The van der Waals surface area contributed by atoms with E-state index >= 15 is 0 Å². The zero-order chi connectivity index (χ0) is 37.6. The predicted molar refractivity (Wildman–Crippen MR) is 202 cm³/mol. The number of aromatic amines is 1. The Bertz CT molecular complexity index is 2310. The molecule has 1 aromatic heterocycles. The number of amides is 2. The number of alkyl halides is 2. The molecule has 11 nitrogen and oxygen atoms in total. The van der Waals surface area contributed by atoms with Gasteiger partial charge in [0, 0.05) is 36.8 Å². The van der Waals surface area contributed by atoms with Gasteiger partial charge in [0.25, 0.3) is 5.91 Å². The Morgan fingerprint density at radius 1 is 1.07 bits per heavy atom. The minimum absolute atomic E-state index is 0.0308. The van der Waals surface area contributed by atoms with E-state index in [2.05, 4.69) is 62.8 Å². The third-order valence-electron chi connectivity index (χ3n) is 11.3. The largest absolute Gasteiger partial charge is 0.488 e. The van der Waals surface area contributed by atoms with Gasteiger partial charge in [0.1, 0.15) is 24.2 Å². The molecule has 1 unspecified atom stereocenters. The van der Waals surface area contributed by atoms with Crippen LogP contribution in [0.1, 0.15) is 53.9 Å². The van der Waals surface area contributed by atoms with E-state index in [0.717, 1.165) is 80.7 Å². The van der Waals surface area contributed by atoms with Gasteiger partial charge in [-0.3, -0.25) is 9.79 Å². The summed E-state index contributed by atoms with van der Waals surface area (Å²) in [6.07, 6.45) is 4.11. The highest BCUT2D eigenvalue weighted by molar-refractivity contribution is 6.05. The number of nitrogens with one attached hydrogen (secondary N) is 3. The first-order valence-corrected chi connectivity index (χ1v) is 18.6. The van der Waals surface area contributed by atoms with Crippen LogP contribution in [0.15, 0.2) is 84.0 Å². The first-order chi connectivity index (χ1) is 26.8. The summed E-state index contributed by atoms with van der Waals surface area (Å²) in [6.45, 7) is -1.13. The zero-order valence-corrected chi connectivity index (χ0v) is 30.2. The monoisotopic (exact) mass is 746 g/mol. The SMILES string of the molecule is COC(=O)N[C@@H](C(=O)N1CCCC1c1ncc(-c2ccc3c(c2)COc2cc4c5c(ccc4cc2-3)N=C([C@@H]2C[C@H](COC(F)F)CN2)C5)[nH]1)c1ccccc1. The third-order valence-corrected chi connectivity index (χ3v) is 11.3. The molecule has 4 aliphatic rings. The molecular weight excluding hydrogens is 706 g/mol. The van der Waals surface area contributed by atoms with E-state index < -0.39 is 18.7 Å². The molecule has 5 heterocycles. The summed E-state index contributed by atoms with van der Waals surface area (Å²) in [5.41, 5.74) is 8.79. The number of carbonyl (C=O) groups excluding carboxylic acids is 2. The van der Waals surface area contributed by atoms with Gasteiger partial charge >= 0.3 is 12.7 Å². The molecule has 4 aliphatic heterocycles. The quantitative estimate of drug-likeness (QED) is 0.143. The summed E-state index contributed by atoms with van der Waals surface area (Å²) in [5.74, 6) is 1.33. The molecule has 4 aromatic carbocycles. The van der Waals surface area contributed by atoms with Crippen LogP contribution in [0.2, 0.25) is 0 Å². The minimum Gasteiger partial charge on any atom is -0.488 e. The molecule has 4 atom stereocenters. The summed E-state index contributed by atoms with van der Waals surface area (Å²) in [5, 5.41) is 8.37. The van der Waals surface area contributed by atoms with Crippen molar-refractivity contribution in [3.63, 3.8) is 0 Å². The van der Waals surface area contributed by atoms with Crippen LogP contribution < -0.4 is 15.4 Å². The average Bonchev–Trinajstić information content (AvgIpc) is 4.04. The maximum atomic E-state index is 13.9. The number of nitrogens with zero attached hydrogens (tertiary/aromatic N) is 3. The van der Waals surface area contributed by atoms with Gasteiger partial charge in [-0.1, -0.05) is 48.5 Å². The second-order valence-corrected chi connectivity index (χ2v) is 14.6. The Hall–Kier alpha value is -5.66. The van der Waals surface area contributed by atoms with Crippen molar-refractivity contribution >= 4 is 34.2 Å².